The standard InChI is InChI=1S/C9H11N3/c1-2-6-4-3-5-7-8(6)12-9(10)11-7/h3-5H,2H2,1H3,(H3,10,11,12). The van der Waals surface area contributed by atoms with Gasteiger partial charge in [0.25, 0.3) is 0 Å². The Morgan fingerprint density at radius 3 is 3.08 bits per heavy atom. The zero-order valence-electron chi connectivity index (χ0n) is 6.96. The normalized spacial score (nSPS) is 10.8. The van der Waals surface area contributed by atoms with Crippen molar-refractivity contribution in [1.82, 2.24) is 9.97 Å². The maximum absolute atomic E-state index is 5.55. The van der Waals surface area contributed by atoms with Crippen molar-refractivity contribution in [3.05, 3.63) is 23.8 Å². The SMILES string of the molecule is CCc1cccc2nc(N)[nH]c12. The first-order chi connectivity index (χ1) is 5.81. The average Bonchev–Trinajstić information content (AvgIpc) is 2.44. The number of hydrogen-bond acceptors (Lipinski definition) is 2. The van der Waals surface area contributed by atoms with Crippen molar-refractivity contribution < 1.29 is 0 Å². The molecule has 3 heteroatoms. The molecule has 0 fully saturated rings. The minimum atomic E-state index is 0.492. The summed E-state index contributed by atoms with van der Waals surface area (Å²) in [5.74, 6) is 0.492. The number of fused-ring (bicyclic) bond motifs is 1. The topological polar surface area (TPSA) is 54.7 Å². The molecule has 1 aromatic carbocycles. The largest absolute Gasteiger partial charge is 0.369 e. The van der Waals surface area contributed by atoms with Crippen LogP contribution in [0.25, 0.3) is 11.0 Å². The molecule has 62 valence electrons. The van der Waals surface area contributed by atoms with Gasteiger partial charge in [0.15, 0.2) is 5.95 Å². The molecule has 3 N–H and O–H groups in total. The fraction of sp³-hybridized carbons (Fsp3) is 0.222. The molecule has 0 unspecified atom stereocenters. The number of nitrogens with zero attached hydrogens (tertiary/aromatic N) is 1. The lowest BCUT2D eigenvalue weighted by Gasteiger charge is -1.95. The molecule has 0 amide bonds. The van der Waals surface area contributed by atoms with Gasteiger partial charge in [-0.1, -0.05) is 19.1 Å². The molecular formula is C9H11N3. The molecule has 0 spiro atoms. The van der Waals surface area contributed by atoms with Crippen molar-refractivity contribution >= 4 is 17.0 Å². The third-order valence-electron chi connectivity index (χ3n) is 2.00. The second-order valence-corrected chi connectivity index (χ2v) is 2.79. The van der Waals surface area contributed by atoms with Crippen LogP contribution in [-0.4, -0.2) is 9.97 Å². The lowest BCUT2D eigenvalue weighted by molar-refractivity contribution is 1.15. The van der Waals surface area contributed by atoms with Crippen LogP contribution < -0.4 is 5.73 Å². The minimum absolute atomic E-state index is 0.492. The lowest BCUT2D eigenvalue weighted by atomic mass is 10.1. The molecule has 12 heavy (non-hydrogen) atoms. The first-order valence-electron chi connectivity index (χ1n) is 4.04. The molecule has 0 aliphatic carbocycles. The highest BCUT2D eigenvalue weighted by Crippen LogP contribution is 2.17. The third-order valence-corrected chi connectivity index (χ3v) is 2.00. The van der Waals surface area contributed by atoms with Crippen molar-refractivity contribution in [2.75, 3.05) is 5.73 Å². The van der Waals surface area contributed by atoms with Crippen LogP contribution in [0.2, 0.25) is 0 Å². The molecule has 3 nitrogen and oxygen atoms in total. The molecule has 1 aromatic heterocycles. The number of nitrogens with one attached hydrogen (secondary N) is 1. The molecule has 0 bridgehead atoms. The van der Waals surface area contributed by atoms with Gasteiger partial charge < -0.3 is 10.7 Å². The number of H-pyrrole nitrogens is 1. The third kappa shape index (κ3) is 0.942. The fourth-order valence-corrected chi connectivity index (χ4v) is 1.40. The Balaban J connectivity index is 2.78. The highest BCUT2D eigenvalue weighted by atomic mass is 15.0. The Morgan fingerprint density at radius 2 is 2.33 bits per heavy atom. The number of hydrogen-bond donors (Lipinski definition) is 2. The van der Waals surface area contributed by atoms with E-state index in [9.17, 15) is 0 Å². The second-order valence-electron chi connectivity index (χ2n) is 2.79. The highest BCUT2D eigenvalue weighted by Gasteiger charge is 2.02. The van der Waals surface area contributed by atoms with Crippen LogP contribution in [0.4, 0.5) is 5.95 Å². The number of anilines is 1. The van der Waals surface area contributed by atoms with Gasteiger partial charge in [-0.3, -0.25) is 0 Å². The Hall–Kier alpha value is -1.51. The predicted octanol–water partition coefficient (Wildman–Crippen LogP) is 1.71. The van der Waals surface area contributed by atoms with Crippen LogP contribution >= 0.6 is 0 Å². The molecule has 0 saturated heterocycles. The number of rotatable bonds is 1. The zero-order valence-corrected chi connectivity index (χ0v) is 6.96. The van der Waals surface area contributed by atoms with E-state index in [0.29, 0.717) is 5.95 Å². The molecule has 0 saturated carbocycles. The van der Waals surface area contributed by atoms with Crippen LogP contribution in [0.1, 0.15) is 12.5 Å². The monoisotopic (exact) mass is 161 g/mol. The smallest absolute Gasteiger partial charge is 0.198 e. The highest BCUT2D eigenvalue weighted by molar-refractivity contribution is 5.80. The van der Waals surface area contributed by atoms with E-state index in [4.69, 9.17) is 5.73 Å². The van der Waals surface area contributed by atoms with E-state index in [2.05, 4.69) is 23.0 Å². The number of benzene rings is 1. The summed E-state index contributed by atoms with van der Waals surface area (Å²) in [7, 11) is 0. The van der Waals surface area contributed by atoms with E-state index in [0.717, 1.165) is 17.5 Å². The van der Waals surface area contributed by atoms with Crippen molar-refractivity contribution in [3.63, 3.8) is 0 Å². The number of nitrogens with two attached hydrogens (primary N) is 1. The van der Waals surface area contributed by atoms with Crippen molar-refractivity contribution in [1.29, 1.82) is 0 Å². The number of nitrogen functional groups attached to an aromatic ring is 1. The van der Waals surface area contributed by atoms with Gasteiger partial charge in [-0.25, -0.2) is 4.98 Å². The Labute approximate surface area is 70.6 Å². The average molecular weight is 161 g/mol. The van der Waals surface area contributed by atoms with Crippen LogP contribution in [-0.2, 0) is 6.42 Å². The van der Waals surface area contributed by atoms with E-state index >= 15 is 0 Å². The van der Waals surface area contributed by atoms with Gasteiger partial charge >= 0.3 is 0 Å². The lowest BCUT2D eigenvalue weighted by Crippen LogP contribution is -1.85. The molecule has 0 radical (unpaired) electrons. The van der Waals surface area contributed by atoms with Crippen molar-refractivity contribution in [2.24, 2.45) is 0 Å². The van der Waals surface area contributed by atoms with Gasteiger partial charge in [0.05, 0.1) is 11.0 Å². The summed E-state index contributed by atoms with van der Waals surface area (Å²) < 4.78 is 0. The van der Waals surface area contributed by atoms with Gasteiger partial charge in [-0.05, 0) is 18.1 Å². The van der Waals surface area contributed by atoms with E-state index in [1.807, 2.05) is 12.1 Å². The molecular weight excluding hydrogens is 150 g/mol. The molecule has 2 aromatic rings. The molecule has 0 aliphatic rings. The number of aromatic amines is 1. The Kier molecular flexibility index (Phi) is 1.50. The summed E-state index contributed by atoms with van der Waals surface area (Å²) >= 11 is 0. The van der Waals surface area contributed by atoms with E-state index in [-0.39, 0.29) is 0 Å². The minimum Gasteiger partial charge on any atom is -0.369 e. The molecule has 0 aliphatic heterocycles. The summed E-state index contributed by atoms with van der Waals surface area (Å²) in [5, 5.41) is 0. The summed E-state index contributed by atoms with van der Waals surface area (Å²) in [4.78, 5) is 7.19. The zero-order chi connectivity index (χ0) is 8.55. The van der Waals surface area contributed by atoms with Gasteiger partial charge in [0.1, 0.15) is 0 Å². The van der Waals surface area contributed by atoms with Crippen LogP contribution in [0, 0.1) is 0 Å². The number of imidazole rings is 1. The van der Waals surface area contributed by atoms with Crippen LogP contribution in [0.3, 0.4) is 0 Å². The summed E-state index contributed by atoms with van der Waals surface area (Å²) in [6, 6.07) is 6.04. The second kappa shape index (κ2) is 2.52. The maximum atomic E-state index is 5.55. The molecule has 0 atom stereocenters. The molecule has 1 heterocycles. The Bertz CT molecular complexity index is 403. The van der Waals surface area contributed by atoms with E-state index < -0.39 is 0 Å². The first kappa shape index (κ1) is 7.16. The fourth-order valence-electron chi connectivity index (χ4n) is 1.40. The first-order valence-corrected chi connectivity index (χ1v) is 4.04. The maximum Gasteiger partial charge on any atom is 0.198 e. The van der Waals surface area contributed by atoms with Crippen LogP contribution in [0.15, 0.2) is 18.2 Å². The Morgan fingerprint density at radius 1 is 1.50 bits per heavy atom. The van der Waals surface area contributed by atoms with Crippen LogP contribution in [0.5, 0.6) is 0 Å². The van der Waals surface area contributed by atoms with Crippen molar-refractivity contribution in [3.8, 4) is 0 Å². The predicted molar refractivity (Wildman–Crippen MR) is 49.9 cm³/mol. The number of para-hydroxylation sites is 1. The van der Waals surface area contributed by atoms with Gasteiger partial charge in [0, 0.05) is 0 Å². The van der Waals surface area contributed by atoms with Gasteiger partial charge in [-0.15, -0.1) is 0 Å². The number of aromatic nitrogens is 2. The van der Waals surface area contributed by atoms with Gasteiger partial charge in [-0.2, -0.15) is 0 Å². The van der Waals surface area contributed by atoms with Gasteiger partial charge in [0.2, 0.25) is 0 Å². The van der Waals surface area contributed by atoms with E-state index in [1.165, 1.54) is 5.56 Å². The quantitative estimate of drug-likeness (QED) is 0.669. The summed E-state index contributed by atoms with van der Waals surface area (Å²) in [6.07, 6.45) is 0.999. The number of aryl methyl sites for hydroxylation is 1. The molecule has 2 rings (SSSR count). The summed E-state index contributed by atoms with van der Waals surface area (Å²) in [5.41, 5.74) is 8.83. The van der Waals surface area contributed by atoms with Crippen molar-refractivity contribution in [2.45, 2.75) is 13.3 Å². The van der Waals surface area contributed by atoms with E-state index in [1.54, 1.807) is 0 Å². The summed E-state index contributed by atoms with van der Waals surface area (Å²) in [6.45, 7) is 2.12.